The molecule has 1 aromatic heterocycles. The van der Waals surface area contributed by atoms with E-state index in [1.54, 1.807) is 25.1 Å². The molecule has 0 radical (unpaired) electrons. The number of aryl methyl sites for hydroxylation is 2. The summed E-state index contributed by atoms with van der Waals surface area (Å²) in [7, 11) is -3.58. The Morgan fingerprint density at radius 2 is 1.74 bits per heavy atom. The lowest BCUT2D eigenvalue weighted by molar-refractivity contribution is 0.307. The van der Waals surface area contributed by atoms with Gasteiger partial charge in [-0.25, -0.2) is 13.1 Å². The van der Waals surface area contributed by atoms with Gasteiger partial charge < -0.3 is 4.74 Å². The number of benzene rings is 2. The highest BCUT2D eigenvalue weighted by atomic mass is 32.2. The average molecular weight is 383 g/mol. The number of sulfonamides is 1. The third kappa shape index (κ3) is 4.90. The number of aromatic nitrogens is 2. The molecular weight excluding hydrogens is 362 g/mol. The molecule has 1 heterocycles. The van der Waals surface area contributed by atoms with E-state index in [4.69, 9.17) is 4.74 Å². The Hall–Kier alpha value is -2.77. The van der Waals surface area contributed by atoms with Crippen molar-refractivity contribution >= 4 is 10.0 Å². The van der Waals surface area contributed by atoms with Crippen LogP contribution in [-0.4, -0.2) is 31.8 Å². The molecule has 0 aliphatic heterocycles. The lowest BCUT2D eigenvalue weighted by atomic mass is 10.1. The van der Waals surface area contributed by atoms with Gasteiger partial charge in [-0.3, -0.25) is 0 Å². The molecule has 6 nitrogen and oxygen atoms in total. The lowest BCUT2D eigenvalue weighted by Crippen LogP contribution is -2.29. The van der Waals surface area contributed by atoms with Crippen LogP contribution in [0.3, 0.4) is 0 Å². The van der Waals surface area contributed by atoms with Crippen molar-refractivity contribution in [2.24, 2.45) is 0 Å². The van der Waals surface area contributed by atoms with Crippen LogP contribution in [0, 0.1) is 13.8 Å². The molecule has 3 aromatic rings. The topological polar surface area (TPSA) is 81.2 Å². The van der Waals surface area contributed by atoms with Crippen LogP contribution in [0.4, 0.5) is 0 Å². The number of hydrogen-bond acceptors (Lipinski definition) is 5. The first kappa shape index (κ1) is 19.0. The number of nitrogens with one attached hydrogen (secondary N) is 1. The Kier molecular flexibility index (Phi) is 5.83. The number of hydrogen-bond donors (Lipinski definition) is 1. The maximum atomic E-state index is 12.4. The van der Waals surface area contributed by atoms with E-state index in [1.165, 1.54) is 0 Å². The fraction of sp³-hybridized carbons (Fsp3) is 0.200. The molecule has 0 saturated heterocycles. The van der Waals surface area contributed by atoms with Crippen molar-refractivity contribution in [1.29, 1.82) is 0 Å². The molecule has 0 spiro atoms. The van der Waals surface area contributed by atoms with Crippen LogP contribution in [-0.2, 0) is 10.0 Å². The van der Waals surface area contributed by atoms with Gasteiger partial charge in [-0.15, -0.1) is 10.2 Å². The number of nitrogens with zero attached hydrogens (tertiary/aromatic N) is 2. The van der Waals surface area contributed by atoms with E-state index in [1.807, 2.05) is 49.4 Å². The second-order valence-electron chi connectivity index (χ2n) is 6.14. The van der Waals surface area contributed by atoms with Crippen molar-refractivity contribution in [2.75, 3.05) is 13.2 Å². The summed E-state index contributed by atoms with van der Waals surface area (Å²) in [4.78, 5) is 0.287. The summed E-state index contributed by atoms with van der Waals surface area (Å²) in [5, 5.41) is 8.16. The fourth-order valence-electron chi connectivity index (χ4n) is 2.57. The van der Waals surface area contributed by atoms with Gasteiger partial charge in [0.25, 0.3) is 0 Å². The van der Waals surface area contributed by atoms with Crippen LogP contribution in [0.1, 0.15) is 11.1 Å². The van der Waals surface area contributed by atoms with Crippen molar-refractivity contribution in [2.45, 2.75) is 18.7 Å². The second-order valence-corrected chi connectivity index (χ2v) is 7.87. The standard InChI is InChI=1S/C20H21N3O3S/c1-15-8-9-16(2)19(14-15)27(24,25)21-12-13-26-20-11-10-18(22-23-20)17-6-4-3-5-7-17/h3-11,14,21H,12-13H2,1-2H3. The Morgan fingerprint density at radius 3 is 2.44 bits per heavy atom. The Labute approximate surface area is 159 Å². The largest absolute Gasteiger partial charge is 0.475 e. The summed E-state index contributed by atoms with van der Waals surface area (Å²) in [5.41, 5.74) is 3.32. The van der Waals surface area contributed by atoms with Gasteiger partial charge in [-0.1, -0.05) is 42.5 Å². The average Bonchev–Trinajstić information content (AvgIpc) is 2.68. The molecular formula is C20H21N3O3S. The minimum Gasteiger partial charge on any atom is -0.475 e. The molecule has 3 rings (SSSR count). The SMILES string of the molecule is Cc1ccc(C)c(S(=O)(=O)NCCOc2ccc(-c3ccccc3)nn2)c1. The third-order valence-electron chi connectivity index (χ3n) is 3.99. The van der Waals surface area contributed by atoms with Crippen LogP contribution in [0.25, 0.3) is 11.3 Å². The molecule has 140 valence electrons. The van der Waals surface area contributed by atoms with Gasteiger partial charge in [-0.05, 0) is 37.1 Å². The van der Waals surface area contributed by atoms with Gasteiger partial charge in [0, 0.05) is 18.2 Å². The molecule has 0 aliphatic carbocycles. The Bertz CT molecular complexity index is 1000. The first-order chi connectivity index (χ1) is 13.0. The third-order valence-corrected chi connectivity index (χ3v) is 5.59. The highest BCUT2D eigenvalue weighted by Crippen LogP contribution is 2.18. The summed E-state index contributed by atoms with van der Waals surface area (Å²) >= 11 is 0. The van der Waals surface area contributed by atoms with E-state index in [0.29, 0.717) is 11.4 Å². The van der Waals surface area contributed by atoms with Crippen molar-refractivity contribution < 1.29 is 13.2 Å². The quantitative estimate of drug-likeness (QED) is 0.634. The number of ether oxygens (including phenoxy) is 1. The smallest absolute Gasteiger partial charge is 0.240 e. The van der Waals surface area contributed by atoms with Gasteiger partial charge in [0.2, 0.25) is 15.9 Å². The predicted molar refractivity (Wildman–Crippen MR) is 104 cm³/mol. The molecule has 0 bridgehead atoms. The molecule has 27 heavy (non-hydrogen) atoms. The van der Waals surface area contributed by atoms with E-state index >= 15 is 0 Å². The van der Waals surface area contributed by atoms with E-state index in [0.717, 1.165) is 16.8 Å². The normalized spacial score (nSPS) is 11.3. The van der Waals surface area contributed by atoms with Gasteiger partial charge in [0.05, 0.1) is 10.6 Å². The van der Waals surface area contributed by atoms with Gasteiger partial charge in [-0.2, -0.15) is 0 Å². The highest BCUT2D eigenvalue weighted by Gasteiger charge is 2.16. The molecule has 0 saturated carbocycles. The zero-order chi connectivity index (χ0) is 19.3. The Balaban J connectivity index is 1.55. The molecule has 0 aliphatic rings. The summed E-state index contributed by atoms with van der Waals surface area (Å²) in [6.07, 6.45) is 0. The van der Waals surface area contributed by atoms with Crippen LogP contribution >= 0.6 is 0 Å². The monoisotopic (exact) mass is 383 g/mol. The summed E-state index contributed by atoms with van der Waals surface area (Å²) < 4.78 is 32.9. The van der Waals surface area contributed by atoms with Gasteiger partial charge in [0.1, 0.15) is 6.61 Å². The number of rotatable bonds is 7. The van der Waals surface area contributed by atoms with E-state index in [2.05, 4.69) is 14.9 Å². The van der Waals surface area contributed by atoms with Crippen molar-refractivity contribution in [3.05, 3.63) is 71.8 Å². The van der Waals surface area contributed by atoms with Crippen molar-refractivity contribution in [3.63, 3.8) is 0 Å². The second kappa shape index (κ2) is 8.28. The molecule has 0 unspecified atom stereocenters. The summed E-state index contributed by atoms with van der Waals surface area (Å²) in [5.74, 6) is 0.348. The summed E-state index contributed by atoms with van der Waals surface area (Å²) in [6.45, 7) is 3.93. The molecule has 0 atom stereocenters. The van der Waals surface area contributed by atoms with E-state index < -0.39 is 10.0 Å². The molecule has 0 fully saturated rings. The molecule has 0 amide bonds. The minimum absolute atomic E-state index is 0.137. The maximum Gasteiger partial charge on any atom is 0.240 e. The van der Waals surface area contributed by atoms with Crippen LogP contribution < -0.4 is 9.46 Å². The Morgan fingerprint density at radius 1 is 0.963 bits per heavy atom. The van der Waals surface area contributed by atoms with E-state index in [9.17, 15) is 8.42 Å². The maximum absolute atomic E-state index is 12.4. The zero-order valence-corrected chi connectivity index (χ0v) is 16.0. The summed E-state index contributed by atoms with van der Waals surface area (Å²) in [6, 6.07) is 18.6. The van der Waals surface area contributed by atoms with E-state index in [-0.39, 0.29) is 18.0 Å². The van der Waals surface area contributed by atoms with Crippen molar-refractivity contribution in [3.8, 4) is 17.1 Å². The van der Waals surface area contributed by atoms with Crippen LogP contribution in [0.15, 0.2) is 65.6 Å². The fourth-order valence-corrected chi connectivity index (χ4v) is 3.91. The van der Waals surface area contributed by atoms with Crippen molar-refractivity contribution in [1.82, 2.24) is 14.9 Å². The van der Waals surface area contributed by atoms with Gasteiger partial charge >= 0.3 is 0 Å². The minimum atomic E-state index is -3.58. The lowest BCUT2D eigenvalue weighted by Gasteiger charge is -2.10. The first-order valence-corrected chi connectivity index (χ1v) is 10.0. The zero-order valence-electron chi connectivity index (χ0n) is 15.2. The highest BCUT2D eigenvalue weighted by molar-refractivity contribution is 7.89. The molecule has 7 heteroatoms. The van der Waals surface area contributed by atoms with Crippen LogP contribution in [0.2, 0.25) is 0 Å². The van der Waals surface area contributed by atoms with Crippen LogP contribution in [0.5, 0.6) is 5.88 Å². The predicted octanol–water partition coefficient (Wildman–Crippen LogP) is 3.12. The molecule has 2 aromatic carbocycles. The molecule has 1 N–H and O–H groups in total. The van der Waals surface area contributed by atoms with Gasteiger partial charge in [0.15, 0.2) is 0 Å². The first-order valence-electron chi connectivity index (χ1n) is 8.54.